The van der Waals surface area contributed by atoms with Crippen LogP contribution >= 0.6 is 0 Å². The van der Waals surface area contributed by atoms with Gasteiger partial charge in [-0.3, -0.25) is 4.79 Å². The number of sulfonamides is 1. The van der Waals surface area contributed by atoms with Crippen molar-refractivity contribution in [1.82, 2.24) is 14.9 Å². The van der Waals surface area contributed by atoms with Crippen LogP contribution in [-0.4, -0.2) is 44.3 Å². The summed E-state index contributed by atoms with van der Waals surface area (Å²) >= 11 is 0. The van der Waals surface area contributed by atoms with Crippen LogP contribution in [0.1, 0.15) is 18.7 Å². The van der Waals surface area contributed by atoms with Gasteiger partial charge in [0.2, 0.25) is 15.8 Å². The Balaban J connectivity index is 1.20. The van der Waals surface area contributed by atoms with Crippen LogP contribution in [0.15, 0.2) is 51.9 Å². The number of hydrogen-bond acceptors (Lipinski definition) is 9. The molecule has 1 aliphatic heterocycles. The number of fused-ring (bicyclic) bond motifs is 1. The van der Waals surface area contributed by atoms with Crippen molar-refractivity contribution in [3.63, 3.8) is 0 Å². The van der Waals surface area contributed by atoms with Gasteiger partial charge in [-0.25, -0.2) is 17.5 Å². The quantitative estimate of drug-likeness (QED) is 0.365. The van der Waals surface area contributed by atoms with Gasteiger partial charge in [-0.05, 0) is 42.8 Å². The Hall–Kier alpha value is -3.51. The molecule has 3 aromatic rings. The number of benzene rings is 2. The molecule has 1 aliphatic rings. The topological polar surface area (TPSA) is 130 Å². The lowest BCUT2D eigenvalue weighted by Crippen LogP contribution is -2.25. The molecule has 33 heavy (non-hydrogen) atoms. The van der Waals surface area contributed by atoms with Crippen LogP contribution in [-0.2, 0) is 26.2 Å². The number of carbonyl (C=O) groups is 1. The molecule has 0 saturated heterocycles. The van der Waals surface area contributed by atoms with Gasteiger partial charge in [0.05, 0.1) is 4.90 Å². The van der Waals surface area contributed by atoms with Gasteiger partial charge in [-0.15, -0.1) is 0 Å². The number of nitrogens with zero attached hydrogens (tertiary/aromatic N) is 2. The van der Waals surface area contributed by atoms with Gasteiger partial charge in [0.1, 0.15) is 19.0 Å². The van der Waals surface area contributed by atoms with Crippen molar-refractivity contribution in [1.29, 1.82) is 0 Å². The summed E-state index contributed by atoms with van der Waals surface area (Å²) in [6.07, 6.45) is 0.224. The van der Waals surface area contributed by atoms with Crippen molar-refractivity contribution < 1.29 is 36.3 Å². The van der Waals surface area contributed by atoms with Gasteiger partial charge in [0.15, 0.2) is 18.1 Å². The van der Waals surface area contributed by atoms with Crippen LogP contribution in [0, 0.1) is 5.82 Å². The van der Waals surface area contributed by atoms with Gasteiger partial charge in [-0.2, -0.15) is 4.98 Å². The van der Waals surface area contributed by atoms with Crippen LogP contribution in [0.2, 0.25) is 0 Å². The summed E-state index contributed by atoms with van der Waals surface area (Å²) in [5, 5.41) is 3.71. The Morgan fingerprint density at radius 2 is 1.85 bits per heavy atom. The van der Waals surface area contributed by atoms with Crippen LogP contribution in [0.4, 0.5) is 4.39 Å². The molecule has 0 fully saturated rings. The van der Waals surface area contributed by atoms with Crippen molar-refractivity contribution in [3.8, 4) is 23.0 Å². The van der Waals surface area contributed by atoms with Gasteiger partial charge in [-0.1, -0.05) is 5.16 Å². The zero-order chi connectivity index (χ0) is 23.3. The molecule has 0 atom stereocenters. The predicted octanol–water partition coefficient (Wildman–Crippen LogP) is 2.45. The lowest BCUT2D eigenvalue weighted by Gasteiger charge is -2.18. The fourth-order valence-electron chi connectivity index (χ4n) is 2.95. The maximum atomic E-state index is 13.0. The first-order chi connectivity index (χ1) is 15.9. The molecular formula is C21H20FN3O7S. The lowest BCUT2D eigenvalue weighted by atomic mass is 10.2. The maximum absolute atomic E-state index is 13.0. The second-order valence-electron chi connectivity index (χ2n) is 6.99. The zero-order valence-electron chi connectivity index (χ0n) is 17.3. The Labute approximate surface area is 188 Å². The highest BCUT2D eigenvalue weighted by atomic mass is 32.2. The van der Waals surface area contributed by atoms with Gasteiger partial charge in [0.25, 0.3) is 5.89 Å². The van der Waals surface area contributed by atoms with E-state index < -0.39 is 16.0 Å². The third-order valence-electron chi connectivity index (χ3n) is 4.60. The molecular weight excluding hydrogens is 457 g/mol. The first-order valence-electron chi connectivity index (χ1n) is 10.0. The minimum Gasteiger partial charge on any atom is -0.486 e. The predicted molar refractivity (Wildman–Crippen MR) is 111 cm³/mol. The van der Waals surface area contributed by atoms with Gasteiger partial charge in [0, 0.05) is 24.6 Å². The van der Waals surface area contributed by atoms with E-state index >= 15 is 0 Å². The molecule has 0 unspecified atom stereocenters. The molecule has 4 rings (SSSR count). The van der Waals surface area contributed by atoms with E-state index in [1.165, 1.54) is 36.4 Å². The molecule has 12 heteroatoms. The van der Waals surface area contributed by atoms with E-state index in [4.69, 9.17) is 18.7 Å². The largest absolute Gasteiger partial charge is 0.486 e. The third-order valence-corrected chi connectivity index (χ3v) is 6.05. The molecule has 2 aromatic carbocycles. The summed E-state index contributed by atoms with van der Waals surface area (Å²) in [6, 6.07) is 9.88. The second-order valence-corrected chi connectivity index (χ2v) is 8.76. The maximum Gasteiger partial charge on any atom is 0.306 e. The summed E-state index contributed by atoms with van der Waals surface area (Å²) in [5.74, 6) is 0.269. The monoisotopic (exact) mass is 477 g/mol. The van der Waals surface area contributed by atoms with E-state index in [-0.39, 0.29) is 48.4 Å². The molecule has 0 spiro atoms. The molecule has 0 aliphatic carbocycles. The SMILES string of the molecule is O=C(CCCNS(=O)(=O)c1ccc2c(c1)OCCO2)OCc1noc(-c2ccc(F)cc2)n1. The summed E-state index contributed by atoms with van der Waals surface area (Å²) in [4.78, 5) is 16.1. The smallest absolute Gasteiger partial charge is 0.306 e. The number of halogens is 1. The minimum atomic E-state index is -3.77. The van der Waals surface area contributed by atoms with E-state index in [1.54, 1.807) is 6.07 Å². The number of carbonyl (C=O) groups excluding carboxylic acids is 1. The van der Waals surface area contributed by atoms with Crippen molar-refractivity contribution in [3.05, 3.63) is 54.1 Å². The molecule has 0 amide bonds. The number of aromatic nitrogens is 2. The van der Waals surface area contributed by atoms with E-state index in [1.807, 2.05) is 0 Å². The fourth-order valence-corrected chi connectivity index (χ4v) is 4.04. The summed E-state index contributed by atoms with van der Waals surface area (Å²) in [6.45, 7) is 0.605. The van der Waals surface area contributed by atoms with Gasteiger partial charge < -0.3 is 18.7 Å². The average molecular weight is 477 g/mol. The Morgan fingerprint density at radius 1 is 1.09 bits per heavy atom. The Bertz CT molecular complexity index is 1230. The Morgan fingerprint density at radius 3 is 2.64 bits per heavy atom. The average Bonchev–Trinajstić information content (AvgIpc) is 3.30. The highest BCUT2D eigenvalue weighted by molar-refractivity contribution is 7.89. The minimum absolute atomic E-state index is 0.00761. The second kappa shape index (κ2) is 9.96. The van der Waals surface area contributed by atoms with Crippen LogP contribution in [0.3, 0.4) is 0 Å². The summed E-state index contributed by atoms with van der Waals surface area (Å²) in [7, 11) is -3.77. The zero-order valence-corrected chi connectivity index (χ0v) is 18.1. The van der Waals surface area contributed by atoms with Crippen molar-refractivity contribution in [2.24, 2.45) is 0 Å². The molecule has 0 radical (unpaired) electrons. The van der Waals surface area contributed by atoms with Crippen molar-refractivity contribution >= 4 is 16.0 Å². The first-order valence-corrected chi connectivity index (χ1v) is 11.5. The van der Waals surface area contributed by atoms with E-state index in [0.29, 0.717) is 30.3 Å². The fraction of sp³-hybridized carbons (Fsp3) is 0.286. The number of rotatable bonds is 9. The standard InChI is InChI=1S/C21H20FN3O7S/c22-15-5-3-14(4-6-15)21-24-19(25-32-21)13-31-20(26)2-1-9-23-33(27,28)16-7-8-17-18(12-16)30-11-10-29-17/h3-8,12,23H,1-2,9-11,13H2. The van der Waals surface area contributed by atoms with Crippen LogP contribution in [0.25, 0.3) is 11.5 Å². The van der Waals surface area contributed by atoms with Crippen molar-refractivity contribution in [2.75, 3.05) is 19.8 Å². The van der Waals surface area contributed by atoms with Crippen LogP contribution in [0.5, 0.6) is 11.5 Å². The van der Waals surface area contributed by atoms with E-state index in [2.05, 4.69) is 14.9 Å². The number of hydrogen-bond donors (Lipinski definition) is 1. The third kappa shape index (κ3) is 5.84. The normalized spacial score (nSPS) is 13.0. The molecule has 174 valence electrons. The van der Waals surface area contributed by atoms with Gasteiger partial charge >= 0.3 is 5.97 Å². The first kappa shape index (κ1) is 22.7. The van der Waals surface area contributed by atoms with Crippen LogP contribution < -0.4 is 14.2 Å². The lowest BCUT2D eigenvalue weighted by molar-refractivity contribution is -0.145. The molecule has 2 heterocycles. The summed E-state index contributed by atoms with van der Waals surface area (Å²) in [5.41, 5.74) is 0.534. The number of ether oxygens (including phenoxy) is 3. The number of esters is 1. The van der Waals surface area contributed by atoms with E-state index in [0.717, 1.165) is 0 Å². The highest BCUT2D eigenvalue weighted by Crippen LogP contribution is 2.32. The Kier molecular flexibility index (Phi) is 6.84. The molecule has 1 N–H and O–H groups in total. The molecule has 10 nitrogen and oxygen atoms in total. The summed E-state index contributed by atoms with van der Waals surface area (Å²) < 4.78 is 61.2. The molecule has 1 aromatic heterocycles. The number of nitrogens with one attached hydrogen (secondary N) is 1. The highest BCUT2D eigenvalue weighted by Gasteiger charge is 2.19. The van der Waals surface area contributed by atoms with E-state index in [9.17, 15) is 17.6 Å². The molecule has 0 bridgehead atoms. The van der Waals surface area contributed by atoms with Crippen molar-refractivity contribution in [2.45, 2.75) is 24.3 Å². The molecule has 0 saturated carbocycles.